The number of H-pyrrole nitrogens is 1. The van der Waals surface area contributed by atoms with Gasteiger partial charge in [-0.1, -0.05) is 16.8 Å². The molecule has 98 valence electrons. The standard InChI is InChI=1S/C9H7ClN6O3/c10-7-3-5(16(18)19)1-2-6(7)9(17)11-4-8-12-14-15-13-8/h1-3H,4H2,(H,11,17)(H,12,13,14,15). The molecule has 9 nitrogen and oxygen atoms in total. The van der Waals surface area contributed by atoms with Gasteiger partial charge >= 0.3 is 0 Å². The van der Waals surface area contributed by atoms with Gasteiger partial charge in [-0.2, -0.15) is 5.21 Å². The van der Waals surface area contributed by atoms with E-state index in [1.807, 2.05) is 0 Å². The summed E-state index contributed by atoms with van der Waals surface area (Å²) < 4.78 is 0. The molecule has 19 heavy (non-hydrogen) atoms. The number of carbonyl (C=O) groups is 1. The SMILES string of the molecule is O=C(NCc1nn[nH]n1)c1ccc([N+](=O)[O-])cc1Cl. The zero-order chi connectivity index (χ0) is 13.8. The Labute approximate surface area is 111 Å². The highest BCUT2D eigenvalue weighted by Crippen LogP contribution is 2.22. The Bertz CT molecular complexity index is 614. The van der Waals surface area contributed by atoms with Crippen molar-refractivity contribution >= 4 is 23.2 Å². The molecule has 2 rings (SSSR count). The lowest BCUT2D eigenvalue weighted by atomic mass is 10.2. The molecule has 2 aromatic rings. The summed E-state index contributed by atoms with van der Waals surface area (Å²) >= 11 is 5.81. The van der Waals surface area contributed by atoms with Crippen molar-refractivity contribution in [2.75, 3.05) is 0 Å². The number of aromatic amines is 1. The molecule has 1 amide bonds. The molecule has 0 bridgehead atoms. The van der Waals surface area contributed by atoms with Crippen LogP contribution in [-0.2, 0) is 6.54 Å². The van der Waals surface area contributed by atoms with E-state index in [4.69, 9.17) is 11.6 Å². The minimum absolute atomic E-state index is 0.000174. The van der Waals surface area contributed by atoms with E-state index in [0.29, 0.717) is 5.82 Å². The average molecular weight is 283 g/mol. The highest BCUT2D eigenvalue weighted by atomic mass is 35.5. The third-order valence-electron chi connectivity index (χ3n) is 2.20. The highest BCUT2D eigenvalue weighted by Gasteiger charge is 2.15. The molecule has 2 N–H and O–H groups in total. The quantitative estimate of drug-likeness (QED) is 0.627. The smallest absolute Gasteiger partial charge is 0.270 e. The first-order chi connectivity index (χ1) is 9.08. The van der Waals surface area contributed by atoms with Crippen LogP contribution < -0.4 is 5.32 Å². The van der Waals surface area contributed by atoms with Crippen LogP contribution in [0.25, 0.3) is 0 Å². The molecule has 0 unspecified atom stereocenters. The molecule has 0 saturated heterocycles. The van der Waals surface area contributed by atoms with E-state index in [9.17, 15) is 14.9 Å². The van der Waals surface area contributed by atoms with Gasteiger partial charge in [0, 0.05) is 12.1 Å². The van der Waals surface area contributed by atoms with Crippen LogP contribution in [0.1, 0.15) is 16.2 Å². The lowest BCUT2D eigenvalue weighted by Gasteiger charge is -2.04. The van der Waals surface area contributed by atoms with Crippen molar-refractivity contribution in [3.05, 3.63) is 44.7 Å². The molecular formula is C9H7ClN6O3. The van der Waals surface area contributed by atoms with Gasteiger partial charge in [0.05, 0.1) is 22.1 Å². The van der Waals surface area contributed by atoms with Gasteiger partial charge in [-0.15, -0.1) is 10.2 Å². The van der Waals surface area contributed by atoms with E-state index in [1.54, 1.807) is 0 Å². The van der Waals surface area contributed by atoms with Crippen LogP contribution in [0.5, 0.6) is 0 Å². The Hall–Kier alpha value is -2.55. The summed E-state index contributed by atoms with van der Waals surface area (Å²) in [5.74, 6) is -0.170. The number of nitrogens with one attached hydrogen (secondary N) is 2. The zero-order valence-electron chi connectivity index (χ0n) is 9.33. The van der Waals surface area contributed by atoms with Crippen LogP contribution >= 0.6 is 11.6 Å². The second-order valence-electron chi connectivity index (χ2n) is 3.43. The maximum Gasteiger partial charge on any atom is 0.270 e. The number of tetrazole rings is 1. The van der Waals surface area contributed by atoms with Crippen molar-refractivity contribution in [1.29, 1.82) is 0 Å². The number of carbonyl (C=O) groups excluding carboxylic acids is 1. The number of amides is 1. The van der Waals surface area contributed by atoms with Crippen molar-refractivity contribution < 1.29 is 9.72 Å². The van der Waals surface area contributed by atoms with Gasteiger partial charge in [0.1, 0.15) is 0 Å². The van der Waals surface area contributed by atoms with E-state index in [2.05, 4.69) is 25.9 Å². The van der Waals surface area contributed by atoms with Gasteiger partial charge in [0.15, 0.2) is 5.82 Å². The summed E-state index contributed by atoms with van der Waals surface area (Å²) in [7, 11) is 0. The lowest BCUT2D eigenvalue weighted by molar-refractivity contribution is -0.384. The van der Waals surface area contributed by atoms with Crippen molar-refractivity contribution in [1.82, 2.24) is 25.9 Å². The van der Waals surface area contributed by atoms with Gasteiger partial charge in [0.2, 0.25) is 0 Å². The predicted octanol–water partition coefficient (Wildman–Crippen LogP) is 0.691. The molecule has 0 aliphatic rings. The maximum absolute atomic E-state index is 11.8. The summed E-state index contributed by atoms with van der Waals surface area (Å²) in [5.41, 5.74) is -0.0459. The first-order valence-corrected chi connectivity index (χ1v) is 5.40. The molecule has 0 spiro atoms. The Kier molecular flexibility index (Phi) is 3.66. The third-order valence-corrected chi connectivity index (χ3v) is 2.52. The minimum Gasteiger partial charge on any atom is -0.345 e. The normalized spacial score (nSPS) is 10.2. The van der Waals surface area contributed by atoms with Crippen LogP contribution in [0, 0.1) is 10.1 Å². The fourth-order valence-corrected chi connectivity index (χ4v) is 1.57. The number of aromatic nitrogens is 4. The average Bonchev–Trinajstić information content (AvgIpc) is 2.88. The summed E-state index contributed by atoms with van der Waals surface area (Å²) in [4.78, 5) is 21.7. The number of nitro groups is 1. The minimum atomic E-state index is -0.590. The molecule has 0 saturated carbocycles. The first kappa shape index (κ1) is 12.9. The number of benzene rings is 1. The molecule has 0 atom stereocenters. The molecule has 0 fully saturated rings. The van der Waals surface area contributed by atoms with Gasteiger partial charge in [-0.3, -0.25) is 14.9 Å². The van der Waals surface area contributed by atoms with Crippen LogP contribution in [0.15, 0.2) is 18.2 Å². The highest BCUT2D eigenvalue weighted by molar-refractivity contribution is 6.34. The first-order valence-electron chi connectivity index (χ1n) is 5.02. The monoisotopic (exact) mass is 282 g/mol. The molecule has 0 aliphatic carbocycles. The van der Waals surface area contributed by atoms with Crippen molar-refractivity contribution in [3.63, 3.8) is 0 Å². The van der Waals surface area contributed by atoms with Crippen LogP contribution in [0.3, 0.4) is 0 Å². The zero-order valence-corrected chi connectivity index (χ0v) is 10.1. The molecule has 1 heterocycles. The summed E-state index contributed by atoms with van der Waals surface area (Å²) in [6.07, 6.45) is 0. The number of hydrogen-bond acceptors (Lipinski definition) is 6. The largest absolute Gasteiger partial charge is 0.345 e. The summed E-state index contributed by atoms with van der Waals surface area (Å²) in [6, 6.07) is 3.60. The van der Waals surface area contributed by atoms with E-state index < -0.39 is 10.8 Å². The van der Waals surface area contributed by atoms with Crippen molar-refractivity contribution in [2.24, 2.45) is 0 Å². The van der Waals surface area contributed by atoms with Gasteiger partial charge in [-0.05, 0) is 6.07 Å². The van der Waals surface area contributed by atoms with Crippen molar-refractivity contribution in [2.45, 2.75) is 6.54 Å². The Balaban J connectivity index is 2.09. The predicted molar refractivity (Wildman–Crippen MR) is 63.5 cm³/mol. The second-order valence-corrected chi connectivity index (χ2v) is 3.84. The Morgan fingerprint density at radius 1 is 1.53 bits per heavy atom. The number of nitrogens with zero attached hydrogens (tertiary/aromatic N) is 4. The van der Waals surface area contributed by atoms with Crippen LogP contribution in [-0.4, -0.2) is 31.5 Å². The van der Waals surface area contributed by atoms with E-state index in [1.165, 1.54) is 12.1 Å². The summed E-state index contributed by atoms with van der Waals surface area (Å²) in [5, 5.41) is 25.9. The number of rotatable bonds is 4. The number of halogens is 1. The number of hydrogen-bond donors (Lipinski definition) is 2. The van der Waals surface area contributed by atoms with Crippen LogP contribution in [0.4, 0.5) is 5.69 Å². The van der Waals surface area contributed by atoms with E-state index >= 15 is 0 Å². The summed E-state index contributed by atoms with van der Waals surface area (Å²) in [6.45, 7) is 0.0721. The molecule has 10 heteroatoms. The van der Waals surface area contributed by atoms with Gasteiger partial charge in [-0.25, -0.2) is 0 Å². The molecule has 0 aliphatic heterocycles. The van der Waals surface area contributed by atoms with Gasteiger partial charge in [0.25, 0.3) is 11.6 Å². The number of non-ortho nitro benzene ring substituents is 1. The molecule has 1 aromatic heterocycles. The molecular weight excluding hydrogens is 276 g/mol. The van der Waals surface area contributed by atoms with Crippen molar-refractivity contribution in [3.8, 4) is 0 Å². The molecule has 1 aromatic carbocycles. The van der Waals surface area contributed by atoms with E-state index in [0.717, 1.165) is 6.07 Å². The fraction of sp³-hybridized carbons (Fsp3) is 0.111. The van der Waals surface area contributed by atoms with Gasteiger partial charge < -0.3 is 5.32 Å². The lowest BCUT2D eigenvalue weighted by Crippen LogP contribution is -2.23. The topological polar surface area (TPSA) is 127 Å². The Morgan fingerprint density at radius 3 is 2.89 bits per heavy atom. The maximum atomic E-state index is 11.8. The third kappa shape index (κ3) is 3.01. The van der Waals surface area contributed by atoms with E-state index in [-0.39, 0.29) is 22.8 Å². The Morgan fingerprint density at radius 2 is 2.32 bits per heavy atom. The second kappa shape index (κ2) is 5.40. The fourth-order valence-electron chi connectivity index (χ4n) is 1.31. The molecule has 0 radical (unpaired) electrons. The number of nitro benzene ring substituents is 1. The van der Waals surface area contributed by atoms with Crippen LogP contribution in [0.2, 0.25) is 5.02 Å².